The van der Waals surface area contributed by atoms with Crippen LogP contribution in [0.3, 0.4) is 0 Å². The van der Waals surface area contributed by atoms with Crippen molar-refractivity contribution >= 4 is 5.78 Å². The molecule has 0 heterocycles. The maximum absolute atomic E-state index is 10.9. The van der Waals surface area contributed by atoms with Crippen molar-refractivity contribution < 1.29 is 9.63 Å². The molecule has 0 bridgehead atoms. The van der Waals surface area contributed by atoms with Gasteiger partial charge in [0.15, 0.2) is 0 Å². The molecule has 0 aliphatic heterocycles. The van der Waals surface area contributed by atoms with Crippen molar-refractivity contribution in [2.45, 2.75) is 38.6 Å². The van der Waals surface area contributed by atoms with Gasteiger partial charge >= 0.3 is 0 Å². The summed E-state index contributed by atoms with van der Waals surface area (Å²) in [4.78, 5) is 16.3. The molecule has 0 N–H and O–H groups in total. The van der Waals surface area contributed by atoms with E-state index < -0.39 is 0 Å². The van der Waals surface area contributed by atoms with Crippen LogP contribution in [0.25, 0.3) is 0 Å². The first-order valence-corrected chi connectivity index (χ1v) is 4.61. The molecule has 0 spiro atoms. The maximum atomic E-state index is 10.9. The second-order valence-electron chi connectivity index (χ2n) is 3.23. The van der Waals surface area contributed by atoms with Gasteiger partial charge in [-0.25, -0.2) is 0 Å². The van der Waals surface area contributed by atoms with Gasteiger partial charge in [-0.15, -0.1) is 0 Å². The third-order valence-electron chi connectivity index (χ3n) is 2.36. The van der Waals surface area contributed by atoms with E-state index in [4.69, 9.17) is 4.84 Å². The minimum atomic E-state index is 0.399. The van der Waals surface area contributed by atoms with Crippen molar-refractivity contribution in [3.05, 3.63) is 0 Å². The van der Waals surface area contributed by atoms with E-state index in [1.165, 1.54) is 0 Å². The third kappa shape index (κ3) is 2.57. The van der Waals surface area contributed by atoms with Gasteiger partial charge in [-0.3, -0.25) is 9.63 Å². The zero-order valence-corrected chi connectivity index (χ0v) is 7.88. The summed E-state index contributed by atoms with van der Waals surface area (Å²) in [6.45, 7) is 2.69. The van der Waals surface area contributed by atoms with Crippen LogP contribution in [0.2, 0.25) is 0 Å². The van der Waals surface area contributed by atoms with Gasteiger partial charge in [-0.1, -0.05) is 0 Å². The lowest BCUT2D eigenvalue weighted by atomic mass is 9.94. The van der Waals surface area contributed by atoms with E-state index in [9.17, 15) is 4.79 Å². The number of hydrogen-bond acceptors (Lipinski definition) is 3. The number of hydrogen-bond donors (Lipinski definition) is 0. The van der Waals surface area contributed by atoms with Gasteiger partial charge in [-0.05, 0) is 19.8 Å². The minimum absolute atomic E-state index is 0.399. The summed E-state index contributed by atoms with van der Waals surface area (Å²) in [5.74, 6) is 0.399. The Morgan fingerprint density at radius 3 is 2.58 bits per heavy atom. The zero-order valence-electron chi connectivity index (χ0n) is 7.88. The molecule has 1 aliphatic carbocycles. The van der Waals surface area contributed by atoms with Crippen LogP contribution in [-0.2, 0) is 9.63 Å². The highest BCUT2D eigenvalue weighted by Crippen LogP contribution is 2.19. The van der Waals surface area contributed by atoms with E-state index >= 15 is 0 Å². The molecule has 3 heteroatoms. The number of hydroxylamine groups is 2. The van der Waals surface area contributed by atoms with Crippen molar-refractivity contribution in [1.82, 2.24) is 5.06 Å². The molecule has 1 rings (SSSR count). The first-order valence-electron chi connectivity index (χ1n) is 4.61. The first-order chi connectivity index (χ1) is 5.74. The molecule has 0 atom stereocenters. The number of carbonyl (C=O) groups excluding carboxylic acids is 1. The molecule has 12 heavy (non-hydrogen) atoms. The van der Waals surface area contributed by atoms with Gasteiger partial charge in [0.25, 0.3) is 0 Å². The Balaban J connectivity index is 2.28. The topological polar surface area (TPSA) is 29.5 Å². The molecule has 1 fully saturated rings. The van der Waals surface area contributed by atoms with Gasteiger partial charge in [0.2, 0.25) is 0 Å². The summed E-state index contributed by atoms with van der Waals surface area (Å²) in [6.07, 6.45) is 3.36. The third-order valence-corrected chi connectivity index (χ3v) is 2.36. The molecule has 0 aromatic heterocycles. The van der Waals surface area contributed by atoms with Crippen molar-refractivity contribution in [2.75, 3.05) is 13.7 Å². The largest absolute Gasteiger partial charge is 0.300 e. The zero-order chi connectivity index (χ0) is 8.97. The quantitative estimate of drug-likeness (QED) is 0.601. The van der Waals surface area contributed by atoms with Crippen molar-refractivity contribution in [3.63, 3.8) is 0 Å². The summed E-state index contributed by atoms with van der Waals surface area (Å²) in [7, 11) is 1.95. The molecule has 0 unspecified atom stereocenters. The Kier molecular flexibility index (Phi) is 3.69. The first kappa shape index (κ1) is 9.68. The average Bonchev–Trinajstić information content (AvgIpc) is 2.06. The van der Waals surface area contributed by atoms with Crippen LogP contribution in [0.5, 0.6) is 0 Å². The van der Waals surface area contributed by atoms with Crippen LogP contribution in [0.4, 0.5) is 0 Å². The molecule has 70 valence electrons. The summed E-state index contributed by atoms with van der Waals surface area (Å²) in [5.41, 5.74) is 0. The van der Waals surface area contributed by atoms with Gasteiger partial charge in [0.05, 0.1) is 6.61 Å². The number of nitrogens with zero attached hydrogens (tertiary/aromatic N) is 1. The van der Waals surface area contributed by atoms with Gasteiger partial charge in [0.1, 0.15) is 5.78 Å². The fourth-order valence-corrected chi connectivity index (χ4v) is 1.60. The van der Waals surface area contributed by atoms with Gasteiger partial charge in [0, 0.05) is 25.9 Å². The summed E-state index contributed by atoms with van der Waals surface area (Å²) < 4.78 is 0. The molecule has 0 aromatic rings. The molecule has 0 saturated heterocycles. The molecule has 1 aliphatic rings. The summed E-state index contributed by atoms with van der Waals surface area (Å²) >= 11 is 0. The van der Waals surface area contributed by atoms with E-state index in [2.05, 4.69) is 0 Å². The van der Waals surface area contributed by atoms with E-state index in [0.717, 1.165) is 25.7 Å². The van der Waals surface area contributed by atoms with Crippen LogP contribution in [-0.4, -0.2) is 30.5 Å². The lowest BCUT2D eigenvalue weighted by molar-refractivity contribution is -0.170. The predicted molar refractivity (Wildman–Crippen MR) is 46.7 cm³/mol. The predicted octanol–water partition coefficient (Wildman–Crippen LogP) is 1.38. The Bertz CT molecular complexity index is 149. The molecule has 1 saturated carbocycles. The van der Waals surface area contributed by atoms with Crippen molar-refractivity contribution in [3.8, 4) is 0 Å². The number of ketones is 1. The van der Waals surface area contributed by atoms with Crippen LogP contribution in [0.1, 0.15) is 32.6 Å². The highest BCUT2D eigenvalue weighted by atomic mass is 16.7. The smallest absolute Gasteiger partial charge is 0.133 e. The highest BCUT2D eigenvalue weighted by molar-refractivity contribution is 5.79. The van der Waals surface area contributed by atoms with Crippen LogP contribution < -0.4 is 0 Å². The second-order valence-corrected chi connectivity index (χ2v) is 3.23. The Morgan fingerprint density at radius 2 is 2.08 bits per heavy atom. The number of rotatable bonds is 3. The van der Waals surface area contributed by atoms with Crippen molar-refractivity contribution in [2.24, 2.45) is 0 Å². The minimum Gasteiger partial charge on any atom is -0.300 e. The summed E-state index contributed by atoms with van der Waals surface area (Å²) in [6, 6.07) is 0.447. The standard InChI is InChI=1S/C9H17NO2/c1-3-12-10(2)8-4-6-9(11)7-5-8/h8H,3-7H2,1-2H3. The lowest BCUT2D eigenvalue weighted by Gasteiger charge is -2.29. The molecule has 0 amide bonds. The van der Waals surface area contributed by atoms with Crippen LogP contribution >= 0.6 is 0 Å². The lowest BCUT2D eigenvalue weighted by Crippen LogP contribution is -2.35. The maximum Gasteiger partial charge on any atom is 0.133 e. The normalized spacial score (nSPS) is 20.4. The summed E-state index contributed by atoms with van der Waals surface area (Å²) in [5, 5.41) is 1.90. The fraction of sp³-hybridized carbons (Fsp3) is 0.889. The van der Waals surface area contributed by atoms with Gasteiger partial charge < -0.3 is 0 Å². The molecule has 0 radical (unpaired) electrons. The molecule has 0 aromatic carbocycles. The SMILES string of the molecule is CCON(C)C1CCC(=O)CC1. The highest BCUT2D eigenvalue weighted by Gasteiger charge is 2.22. The van der Waals surface area contributed by atoms with E-state index in [1.54, 1.807) is 0 Å². The molecular weight excluding hydrogens is 154 g/mol. The second kappa shape index (κ2) is 4.58. The monoisotopic (exact) mass is 171 g/mol. The van der Waals surface area contributed by atoms with Crippen LogP contribution in [0.15, 0.2) is 0 Å². The van der Waals surface area contributed by atoms with E-state index in [-0.39, 0.29) is 0 Å². The Hall–Kier alpha value is -0.410. The van der Waals surface area contributed by atoms with Crippen molar-refractivity contribution in [1.29, 1.82) is 0 Å². The molecular formula is C9H17NO2. The molecule has 3 nitrogen and oxygen atoms in total. The average molecular weight is 171 g/mol. The fourth-order valence-electron chi connectivity index (χ4n) is 1.60. The van der Waals surface area contributed by atoms with Gasteiger partial charge in [-0.2, -0.15) is 5.06 Å². The number of Topliss-reactive ketones (excluding diaryl/α,β-unsaturated/α-hetero) is 1. The van der Waals surface area contributed by atoms with E-state index in [0.29, 0.717) is 18.4 Å². The van der Waals surface area contributed by atoms with Crippen LogP contribution in [0, 0.1) is 0 Å². The Morgan fingerprint density at radius 1 is 1.50 bits per heavy atom. The Labute approximate surface area is 73.6 Å². The number of carbonyl (C=O) groups is 1. The van der Waals surface area contributed by atoms with E-state index in [1.807, 2.05) is 19.0 Å².